The van der Waals surface area contributed by atoms with Crippen molar-refractivity contribution in [2.75, 3.05) is 4.72 Å². The first kappa shape index (κ1) is 13.6. The number of halogens is 1. The summed E-state index contributed by atoms with van der Waals surface area (Å²) in [6.07, 6.45) is 3.76. The molecule has 2 heterocycles. The van der Waals surface area contributed by atoms with E-state index in [9.17, 15) is 13.2 Å². The minimum atomic E-state index is -3.95. The van der Waals surface area contributed by atoms with Crippen LogP contribution >= 0.6 is 11.6 Å². The summed E-state index contributed by atoms with van der Waals surface area (Å²) in [5.74, 6) is 0. The molecule has 0 bridgehead atoms. The Kier molecular flexibility index (Phi) is 3.59. The van der Waals surface area contributed by atoms with Crippen molar-refractivity contribution in [2.24, 2.45) is 0 Å². The van der Waals surface area contributed by atoms with Gasteiger partial charge in [0.05, 0.1) is 11.9 Å². The van der Waals surface area contributed by atoms with Crippen LogP contribution in [0.1, 0.15) is 5.56 Å². The Hall–Kier alpha value is -1.86. The smallest absolute Gasteiger partial charge is 0.267 e. The molecule has 100 valence electrons. The summed E-state index contributed by atoms with van der Waals surface area (Å²) >= 11 is 5.75. The van der Waals surface area contributed by atoms with Crippen molar-refractivity contribution in [1.82, 2.24) is 9.97 Å². The molecule has 2 aromatic rings. The number of nitrogens with zero attached hydrogens (tertiary/aromatic N) is 1. The first-order valence-corrected chi connectivity index (χ1v) is 7.08. The van der Waals surface area contributed by atoms with Gasteiger partial charge < -0.3 is 4.98 Å². The van der Waals surface area contributed by atoms with Crippen LogP contribution in [0.2, 0.25) is 5.15 Å². The zero-order valence-corrected chi connectivity index (χ0v) is 11.4. The van der Waals surface area contributed by atoms with Crippen LogP contribution in [0.25, 0.3) is 0 Å². The Morgan fingerprint density at radius 1 is 1.42 bits per heavy atom. The molecule has 0 spiro atoms. The maximum atomic E-state index is 12.0. The topological polar surface area (TPSA) is 91.9 Å². The molecule has 0 saturated heterocycles. The lowest BCUT2D eigenvalue weighted by Gasteiger charge is -2.08. The van der Waals surface area contributed by atoms with E-state index in [1.807, 2.05) is 0 Å². The van der Waals surface area contributed by atoms with Crippen molar-refractivity contribution in [3.05, 3.63) is 51.7 Å². The first-order chi connectivity index (χ1) is 8.90. The maximum Gasteiger partial charge on any atom is 0.267 e. The molecule has 6 nitrogen and oxygen atoms in total. The molecule has 0 aliphatic heterocycles. The second kappa shape index (κ2) is 5.02. The third-order valence-electron chi connectivity index (χ3n) is 2.34. The average molecular weight is 300 g/mol. The number of nitrogens with one attached hydrogen (secondary N) is 2. The highest BCUT2D eigenvalue weighted by Crippen LogP contribution is 2.18. The van der Waals surface area contributed by atoms with Gasteiger partial charge in [-0.1, -0.05) is 11.6 Å². The highest BCUT2D eigenvalue weighted by molar-refractivity contribution is 7.92. The Labute approximate surface area is 114 Å². The second-order valence-electron chi connectivity index (χ2n) is 3.81. The molecule has 0 atom stereocenters. The molecule has 0 radical (unpaired) electrons. The number of sulfonamides is 1. The molecule has 0 fully saturated rings. The molecule has 2 rings (SSSR count). The van der Waals surface area contributed by atoms with Gasteiger partial charge in [-0.05, 0) is 18.6 Å². The molecule has 0 aliphatic carbocycles. The van der Waals surface area contributed by atoms with E-state index in [4.69, 9.17) is 11.6 Å². The third kappa shape index (κ3) is 2.94. The van der Waals surface area contributed by atoms with Gasteiger partial charge in [0.15, 0.2) is 4.90 Å². The number of pyridine rings is 2. The zero-order chi connectivity index (χ0) is 14.0. The van der Waals surface area contributed by atoms with Crippen LogP contribution in [0.5, 0.6) is 0 Å². The van der Waals surface area contributed by atoms with Gasteiger partial charge in [0.1, 0.15) is 5.15 Å². The van der Waals surface area contributed by atoms with E-state index in [0.717, 1.165) is 12.3 Å². The fourth-order valence-electron chi connectivity index (χ4n) is 1.43. The van der Waals surface area contributed by atoms with Crippen LogP contribution in [0.15, 0.2) is 40.4 Å². The van der Waals surface area contributed by atoms with E-state index < -0.39 is 15.5 Å². The number of aryl methyl sites for hydroxylation is 1. The quantitative estimate of drug-likeness (QED) is 0.841. The molecule has 2 N–H and O–H groups in total. The van der Waals surface area contributed by atoms with Gasteiger partial charge in [-0.15, -0.1) is 0 Å². The standard InChI is InChI=1S/C11H10ClN3O3S/c1-7-4-8(5-14-11(7)12)15-19(17,18)10-6-13-3-2-9(10)16/h2-6,15H,1H3,(H,13,16). The molecule has 19 heavy (non-hydrogen) atoms. The lowest BCUT2D eigenvalue weighted by Crippen LogP contribution is -2.21. The number of hydrogen-bond acceptors (Lipinski definition) is 4. The fourth-order valence-corrected chi connectivity index (χ4v) is 2.63. The summed E-state index contributed by atoms with van der Waals surface area (Å²) in [6, 6.07) is 2.67. The van der Waals surface area contributed by atoms with Crippen molar-refractivity contribution in [2.45, 2.75) is 11.8 Å². The van der Waals surface area contributed by atoms with Gasteiger partial charge in [0.25, 0.3) is 10.0 Å². The van der Waals surface area contributed by atoms with Crippen LogP contribution in [0, 0.1) is 6.92 Å². The Morgan fingerprint density at radius 2 is 2.16 bits per heavy atom. The van der Waals surface area contributed by atoms with E-state index in [1.165, 1.54) is 18.5 Å². The van der Waals surface area contributed by atoms with Crippen molar-refractivity contribution in [1.29, 1.82) is 0 Å². The zero-order valence-electron chi connectivity index (χ0n) is 9.84. The lowest BCUT2D eigenvalue weighted by molar-refractivity contribution is 0.600. The number of hydrogen-bond donors (Lipinski definition) is 2. The van der Waals surface area contributed by atoms with E-state index in [1.54, 1.807) is 6.92 Å². The van der Waals surface area contributed by atoms with E-state index >= 15 is 0 Å². The van der Waals surface area contributed by atoms with Crippen LogP contribution in [-0.2, 0) is 10.0 Å². The van der Waals surface area contributed by atoms with Gasteiger partial charge in [0.2, 0.25) is 5.43 Å². The van der Waals surface area contributed by atoms with Gasteiger partial charge in [-0.2, -0.15) is 0 Å². The number of rotatable bonds is 3. The van der Waals surface area contributed by atoms with Crippen LogP contribution < -0.4 is 10.2 Å². The number of anilines is 1. The van der Waals surface area contributed by atoms with Gasteiger partial charge in [-0.25, -0.2) is 13.4 Å². The highest BCUT2D eigenvalue weighted by atomic mass is 35.5. The van der Waals surface area contributed by atoms with Crippen molar-refractivity contribution in [3.63, 3.8) is 0 Å². The molecule has 0 amide bonds. The summed E-state index contributed by atoms with van der Waals surface area (Å²) < 4.78 is 26.3. The van der Waals surface area contributed by atoms with Gasteiger partial charge in [0, 0.05) is 18.5 Å². The molecule has 0 aliphatic rings. The predicted octanol–water partition coefficient (Wildman–Crippen LogP) is 1.53. The maximum absolute atomic E-state index is 12.0. The molecule has 2 aromatic heterocycles. The predicted molar refractivity (Wildman–Crippen MR) is 71.9 cm³/mol. The number of H-pyrrole nitrogens is 1. The molecule has 8 heteroatoms. The summed E-state index contributed by atoms with van der Waals surface area (Å²) in [7, 11) is -3.95. The third-order valence-corrected chi connectivity index (χ3v) is 4.14. The SMILES string of the molecule is Cc1cc(NS(=O)(=O)c2c[nH]ccc2=O)cnc1Cl. The molecule has 0 saturated carbocycles. The van der Waals surface area contributed by atoms with E-state index in [2.05, 4.69) is 14.7 Å². The van der Waals surface area contributed by atoms with Crippen molar-refractivity contribution in [3.8, 4) is 0 Å². The minimum absolute atomic E-state index is 0.241. The van der Waals surface area contributed by atoms with Crippen LogP contribution in [0.4, 0.5) is 5.69 Å². The average Bonchev–Trinajstić information content (AvgIpc) is 2.34. The Balaban J connectivity index is 2.40. The minimum Gasteiger partial charge on any atom is -0.366 e. The molecular weight excluding hydrogens is 290 g/mol. The van der Waals surface area contributed by atoms with Crippen molar-refractivity contribution < 1.29 is 8.42 Å². The summed E-state index contributed by atoms with van der Waals surface area (Å²) in [5.41, 5.74) is 0.277. The Morgan fingerprint density at radius 3 is 2.79 bits per heavy atom. The summed E-state index contributed by atoms with van der Waals surface area (Å²) in [5, 5.41) is 0.292. The van der Waals surface area contributed by atoms with Crippen LogP contribution in [0.3, 0.4) is 0 Å². The largest absolute Gasteiger partial charge is 0.366 e. The van der Waals surface area contributed by atoms with Crippen molar-refractivity contribution >= 4 is 27.3 Å². The molecule has 0 unspecified atom stereocenters. The summed E-state index contributed by atoms with van der Waals surface area (Å²) in [6.45, 7) is 1.70. The number of aromatic nitrogens is 2. The van der Waals surface area contributed by atoms with Gasteiger partial charge in [-0.3, -0.25) is 9.52 Å². The normalized spacial score (nSPS) is 11.3. The lowest BCUT2D eigenvalue weighted by atomic mass is 10.3. The van der Waals surface area contributed by atoms with Crippen LogP contribution in [-0.4, -0.2) is 18.4 Å². The van der Waals surface area contributed by atoms with Gasteiger partial charge >= 0.3 is 0 Å². The second-order valence-corrected chi connectivity index (χ2v) is 5.82. The molecule has 0 aromatic carbocycles. The molecular formula is C11H10ClN3O3S. The Bertz CT molecular complexity index is 771. The summed E-state index contributed by atoms with van der Waals surface area (Å²) in [4.78, 5) is 17.5. The fraction of sp³-hybridized carbons (Fsp3) is 0.0909. The highest BCUT2D eigenvalue weighted by Gasteiger charge is 2.18. The first-order valence-electron chi connectivity index (χ1n) is 5.22. The van der Waals surface area contributed by atoms with E-state index in [0.29, 0.717) is 10.7 Å². The number of aromatic amines is 1. The van der Waals surface area contributed by atoms with E-state index in [-0.39, 0.29) is 10.6 Å². The monoisotopic (exact) mass is 299 g/mol.